The van der Waals surface area contributed by atoms with Crippen molar-refractivity contribution in [1.29, 1.82) is 0 Å². The van der Waals surface area contributed by atoms with E-state index in [9.17, 15) is 0 Å². The zero-order valence-corrected chi connectivity index (χ0v) is 14.8. The second-order valence-corrected chi connectivity index (χ2v) is 7.67. The number of hydrogen-bond acceptors (Lipinski definition) is 1. The Kier molecular flexibility index (Phi) is 2.82. The highest BCUT2D eigenvalue weighted by Gasteiger charge is 2.16. The van der Waals surface area contributed by atoms with Gasteiger partial charge in [0.1, 0.15) is 0 Å². The predicted molar refractivity (Wildman–Crippen MR) is 114 cm³/mol. The van der Waals surface area contributed by atoms with E-state index in [1.54, 1.807) is 0 Å². The van der Waals surface area contributed by atoms with E-state index in [1.807, 2.05) is 11.3 Å². The van der Waals surface area contributed by atoms with Crippen molar-refractivity contribution in [3.8, 4) is 5.69 Å². The fraction of sp³-hybridized carbons (Fsp3) is 0. The van der Waals surface area contributed by atoms with Crippen LogP contribution in [0.3, 0.4) is 0 Å². The Balaban J connectivity index is 1.89. The SMILES string of the molecule is c1ccc(-n2c3ccccc3c3c4sc5ccccc5c4ccc32)cc1. The van der Waals surface area contributed by atoms with Crippen LogP contribution in [0.2, 0.25) is 0 Å². The molecule has 2 aromatic heterocycles. The summed E-state index contributed by atoms with van der Waals surface area (Å²) in [7, 11) is 0. The van der Waals surface area contributed by atoms with Crippen molar-refractivity contribution in [3.05, 3.63) is 91.0 Å². The first kappa shape index (κ1) is 14.1. The van der Waals surface area contributed by atoms with E-state index < -0.39 is 0 Å². The van der Waals surface area contributed by atoms with Crippen molar-refractivity contribution in [2.24, 2.45) is 0 Å². The van der Waals surface area contributed by atoms with Crippen molar-refractivity contribution in [2.45, 2.75) is 0 Å². The fourth-order valence-corrected chi connectivity index (χ4v) is 5.35. The van der Waals surface area contributed by atoms with Gasteiger partial charge in [0.2, 0.25) is 0 Å². The van der Waals surface area contributed by atoms with E-state index in [4.69, 9.17) is 0 Å². The van der Waals surface area contributed by atoms with Gasteiger partial charge < -0.3 is 4.57 Å². The summed E-state index contributed by atoms with van der Waals surface area (Å²) in [5.41, 5.74) is 3.74. The van der Waals surface area contributed by atoms with Crippen molar-refractivity contribution < 1.29 is 0 Å². The third kappa shape index (κ3) is 1.80. The summed E-state index contributed by atoms with van der Waals surface area (Å²) in [5.74, 6) is 0. The third-order valence-electron chi connectivity index (χ3n) is 5.19. The molecule has 0 radical (unpaired) electrons. The maximum Gasteiger partial charge on any atom is 0.0555 e. The normalized spacial score (nSPS) is 11.8. The van der Waals surface area contributed by atoms with Crippen LogP contribution in [0.1, 0.15) is 0 Å². The van der Waals surface area contributed by atoms with Gasteiger partial charge in [-0.3, -0.25) is 0 Å². The lowest BCUT2D eigenvalue weighted by Gasteiger charge is -2.07. The van der Waals surface area contributed by atoms with Crippen LogP contribution in [0, 0.1) is 0 Å². The van der Waals surface area contributed by atoms with E-state index in [0.29, 0.717) is 0 Å². The van der Waals surface area contributed by atoms with E-state index >= 15 is 0 Å². The summed E-state index contributed by atoms with van der Waals surface area (Å²) in [6.07, 6.45) is 0. The largest absolute Gasteiger partial charge is 0.309 e. The standard InChI is InChI=1S/C24H15NS/c1-2-8-16(9-3-1)25-20-12-6-4-11-19(20)23-21(25)15-14-18-17-10-5-7-13-22(17)26-24(18)23/h1-15H. The van der Waals surface area contributed by atoms with Gasteiger partial charge in [0.25, 0.3) is 0 Å². The van der Waals surface area contributed by atoms with E-state index in [-0.39, 0.29) is 0 Å². The Labute approximate surface area is 154 Å². The molecule has 0 amide bonds. The number of benzene rings is 4. The van der Waals surface area contributed by atoms with Crippen LogP contribution in [0.5, 0.6) is 0 Å². The lowest BCUT2D eigenvalue weighted by Crippen LogP contribution is -1.92. The number of fused-ring (bicyclic) bond motifs is 7. The van der Waals surface area contributed by atoms with Gasteiger partial charge in [0.05, 0.1) is 11.0 Å². The molecular formula is C24H15NS. The summed E-state index contributed by atoms with van der Waals surface area (Å²) in [4.78, 5) is 0. The van der Waals surface area contributed by atoms with E-state index in [2.05, 4.69) is 95.6 Å². The van der Waals surface area contributed by atoms with Gasteiger partial charge in [-0.1, -0.05) is 60.7 Å². The Hall–Kier alpha value is -3.10. The van der Waals surface area contributed by atoms with Gasteiger partial charge in [-0.05, 0) is 30.3 Å². The van der Waals surface area contributed by atoms with Crippen LogP contribution in [-0.2, 0) is 0 Å². The first-order valence-corrected chi connectivity index (χ1v) is 9.62. The molecule has 122 valence electrons. The summed E-state index contributed by atoms with van der Waals surface area (Å²) < 4.78 is 5.12. The molecular weight excluding hydrogens is 334 g/mol. The van der Waals surface area contributed by atoms with Crippen molar-refractivity contribution in [1.82, 2.24) is 4.57 Å². The Morgan fingerprint density at radius 1 is 0.538 bits per heavy atom. The average molecular weight is 349 g/mol. The Morgan fingerprint density at radius 2 is 1.27 bits per heavy atom. The minimum atomic E-state index is 1.21. The van der Waals surface area contributed by atoms with Crippen LogP contribution in [0.4, 0.5) is 0 Å². The number of para-hydroxylation sites is 2. The molecule has 0 aliphatic rings. The minimum Gasteiger partial charge on any atom is -0.309 e. The third-order valence-corrected chi connectivity index (χ3v) is 6.40. The van der Waals surface area contributed by atoms with Crippen LogP contribution >= 0.6 is 11.3 Å². The first-order valence-electron chi connectivity index (χ1n) is 8.81. The monoisotopic (exact) mass is 349 g/mol. The first-order chi connectivity index (χ1) is 12.9. The molecule has 0 N–H and O–H groups in total. The van der Waals surface area contributed by atoms with Gasteiger partial charge in [-0.25, -0.2) is 0 Å². The smallest absolute Gasteiger partial charge is 0.0555 e. The zero-order chi connectivity index (χ0) is 17.1. The number of nitrogens with zero attached hydrogens (tertiary/aromatic N) is 1. The number of rotatable bonds is 1. The number of thiophene rings is 1. The molecule has 0 saturated heterocycles. The molecule has 2 heterocycles. The van der Waals surface area contributed by atoms with Crippen molar-refractivity contribution >= 4 is 53.3 Å². The lowest BCUT2D eigenvalue weighted by atomic mass is 10.1. The molecule has 0 aliphatic heterocycles. The molecule has 26 heavy (non-hydrogen) atoms. The minimum absolute atomic E-state index is 1.21. The van der Waals surface area contributed by atoms with Gasteiger partial charge >= 0.3 is 0 Å². The second-order valence-electron chi connectivity index (χ2n) is 6.62. The van der Waals surface area contributed by atoms with Gasteiger partial charge in [0, 0.05) is 36.6 Å². The molecule has 0 fully saturated rings. The molecule has 0 spiro atoms. The predicted octanol–water partition coefficient (Wildman–Crippen LogP) is 7.15. The van der Waals surface area contributed by atoms with Gasteiger partial charge in [0.15, 0.2) is 0 Å². The maximum atomic E-state index is 2.38. The molecule has 0 atom stereocenters. The van der Waals surface area contributed by atoms with Gasteiger partial charge in [-0.2, -0.15) is 0 Å². The van der Waals surface area contributed by atoms with E-state index in [1.165, 1.54) is 47.7 Å². The van der Waals surface area contributed by atoms with Crippen LogP contribution in [0.25, 0.3) is 47.7 Å². The van der Waals surface area contributed by atoms with Gasteiger partial charge in [-0.15, -0.1) is 11.3 Å². The summed E-state index contributed by atoms with van der Waals surface area (Å²) >= 11 is 1.90. The van der Waals surface area contributed by atoms with Crippen LogP contribution in [-0.4, -0.2) is 4.57 Å². The van der Waals surface area contributed by atoms with Crippen molar-refractivity contribution in [3.63, 3.8) is 0 Å². The topological polar surface area (TPSA) is 4.93 Å². The number of aromatic nitrogens is 1. The summed E-state index contributed by atoms with van der Waals surface area (Å²) in [6, 6.07) is 32.7. The fourth-order valence-electron chi connectivity index (χ4n) is 4.09. The van der Waals surface area contributed by atoms with Crippen LogP contribution < -0.4 is 0 Å². The second kappa shape index (κ2) is 5.20. The molecule has 6 aromatic rings. The number of hydrogen-bond donors (Lipinski definition) is 0. The summed E-state index contributed by atoms with van der Waals surface area (Å²) in [6.45, 7) is 0. The Morgan fingerprint density at radius 3 is 2.15 bits per heavy atom. The van der Waals surface area contributed by atoms with Crippen molar-refractivity contribution in [2.75, 3.05) is 0 Å². The zero-order valence-electron chi connectivity index (χ0n) is 14.0. The maximum absolute atomic E-state index is 2.38. The Bertz CT molecular complexity index is 1420. The molecule has 0 aliphatic carbocycles. The molecule has 0 unspecified atom stereocenters. The lowest BCUT2D eigenvalue weighted by molar-refractivity contribution is 1.18. The highest BCUT2D eigenvalue weighted by Crippen LogP contribution is 2.42. The average Bonchev–Trinajstić information content (AvgIpc) is 3.24. The molecule has 2 heteroatoms. The highest BCUT2D eigenvalue weighted by molar-refractivity contribution is 7.26. The summed E-state index contributed by atoms with van der Waals surface area (Å²) in [5, 5.41) is 5.40. The molecule has 4 aromatic carbocycles. The molecule has 0 bridgehead atoms. The molecule has 0 saturated carbocycles. The molecule has 1 nitrogen and oxygen atoms in total. The van der Waals surface area contributed by atoms with Crippen LogP contribution in [0.15, 0.2) is 91.0 Å². The quantitative estimate of drug-likeness (QED) is 0.297. The molecule has 6 rings (SSSR count). The highest BCUT2D eigenvalue weighted by atomic mass is 32.1. The van der Waals surface area contributed by atoms with E-state index in [0.717, 1.165) is 0 Å².